The topological polar surface area (TPSA) is 29.5 Å². The van der Waals surface area contributed by atoms with E-state index in [0.717, 1.165) is 22.3 Å². The van der Waals surface area contributed by atoms with Crippen LogP contribution in [0.15, 0.2) is 16.6 Å². The van der Waals surface area contributed by atoms with Crippen LogP contribution in [0.3, 0.4) is 0 Å². The molecular weight excluding hydrogens is 258 g/mol. The van der Waals surface area contributed by atoms with Crippen molar-refractivity contribution in [1.29, 1.82) is 0 Å². The standard InChI is InChI=1S/C11H12BrNO2/c1-3-7-4-9-10(5-8(7)12)15-6-11(14)13(9)2/h4-5H,3,6H2,1-2H3. The summed E-state index contributed by atoms with van der Waals surface area (Å²) in [5.41, 5.74) is 2.03. The number of halogens is 1. The SMILES string of the molecule is CCc1cc2c(cc1Br)OCC(=O)N2C. The van der Waals surface area contributed by atoms with E-state index < -0.39 is 0 Å². The van der Waals surface area contributed by atoms with E-state index in [4.69, 9.17) is 4.74 Å². The van der Waals surface area contributed by atoms with E-state index in [9.17, 15) is 4.79 Å². The van der Waals surface area contributed by atoms with Gasteiger partial charge in [-0.15, -0.1) is 0 Å². The van der Waals surface area contributed by atoms with Crippen LogP contribution >= 0.6 is 15.9 Å². The number of nitrogens with zero attached hydrogens (tertiary/aromatic N) is 1. The van der Waals surface area contributed by atoms with Crippen molar-refractivity contribution in [2.24, 2.45) is 0 Å². The van der Waals surface area contributed by atoms with E-state index in [1.807, 2.05) is 12.1 Å². The van der Waals surface area contributed by atoms with Gasteiger partial charge in [0.15, 0.2) is 6.61 Å². The molecule has 1 amide bonds. The number of hydrogen-bond acceptors (Lipinski definition) is 2. The zero-order chi connectivity index (χ0) is 11.0. The van der Waals surface area contributed by atoms with Gasteiger partial charge >= 0.3 is 0 Å². The predicted octanol–water partition coefficient (Wildman–Crippen LogP) is 2.37. The molecule has 1 aliphatic rings. The minimum absolute atomic E-state index is 0.00752. The molecule has 1 aromatic carbocycles. The van der Waals surface area contributed by atoms with E-state index in [0.29, 0.717) is 0 Å². The molecule has 0 spiro atoms. The summed E-state index contributed by atoms with van der Waals surface area (Å²) in [7, 11) is 1.77. The minimum Gasteiger partial charge on any atom is -0.482 e. The molecule has 3 nitrogen and oxygen atoms in total. The Labute approximate surface area is 97.2 Å². The molecule has 1 aliphatic heterocycles. The lowest BCUT2D eigenvalue weighted by Crippen LogP contribution is -2.35. The van der Waals surface area contributed by atoms with Crippen LogP contribution in [0.5, 0.6) is 5.75 Å². The molecule has 1 aromatic rings. The predicted molar refractivity (Wildman–Crippen MR) is 62.4 cm³/mol. The molecule has 0 unspecified atom stereocenters. The van der Waals surface area contributed by atoms with Gasteiger partial charge in [0.2, 0.25) is 0 Å². The molecule has 1 heterocycles. The van der Waals surface area contributed by atoms with Gasteiger partial charge in [-0.05, 0) is 24.1 Å². The van der Waals surface area contributed by atoms with Crippen LogP contribution < -0.4 is 9.64 Å². The Kier molecular flexibility index (Phi) is 2.69. The van der Waals surface area contributed by atoms with Crippen LogP contribution in [0.25, 0.3) is 0 Å². The number of anilines is 1. The highest BCUT2D eigenvalue weighted by Gasteiger charge is 2.23. The Morgan fingerprint density at radius 3 is 2.93 bits per heavy atom. The summed E-state index contributed by atoms with van der Waals surface area (Å²) in [6.07, 6.45) is 0.926. The molecule has 0 N–H and O–H groups in total. The average Bonchev–Trinajstić information content (AvgIpc) is 2.23. The Balaban J connectivity index is 2.53. The average molecular weight is 270 g/mol. The Morgan fingerprint density at radius 1 is 1.53 bits per heavy atom. The Hall–Kier alpha value is -1.03. The number of rotatable bonds is 1. The fourth-order valence-corrected chi connectivity index (χ4v) is 2.21. The maximum absolute atomic E-state index is 11.4. The van der Waals surface area contributed by atoms with Crippen molar-refractivity contribution < 1.29 is 9.53 Å². The smallest absolute Gasteiger partial charge is 0.264 e. The summed E-state index contributed by atoms with van der Waals surface area (Å²) < 4.78 is 6.40. The van der Waals surface area contributed by atoms with Crippen molar-refractivity contribution in [3.63, 3.8) is 0 Å². The number of aryl methyl sites for hydroxylation is 1. The molecule has 0 saturated heterocycles. The molecule has 0 atom stereocenters. The number of amides is 1. The molecule has 0 saturated carbocycles. The van der Waals surface area contributed by atoms with Crippen LogP contribution in [0, 0.1) is 0 Å². The van der Waals surface area contributed by atoms with Gasteiger partial charge < -0.3 is 9.64 Å². The molecular formula is C11H12BrNO2. The van der Waals surface area contributed by atoms with Gasteiger partial charge in [0, 0.05) is 11.5 Å². The molecule has 0 aromatic heterocycles. The van der Waals surface area contributed by atoms with Crippen molar-refractivity contribution in [2.45, 2.75) is 13.3 Å². The monoisotopic (exact) mass is 269 g/mol. The molecule has 0 radical (unpaired) electrons. The zero-order valence-corrected chi connectivity index (χ0v) is 10.3. The third-order valence-corrected chi connectivity index (χ3v) is 3.33. The summed E-state index contributed by atoms with van der Waals surface area (Å²) in [6, 6.07) is 3.92. The number of benzene rings is 1. The second-order valence-corrected chi connectivity index (χ2v) is 4.36. The van der Waals surface area contributed by atoms with Crippen LogP contribution in [-0.4, -0.2) is 19.6 Å². The maximum Gasteiger partial charge on any atom is 0.264 e. The van der Waals surface area contributed by atoms with E-state index in [2.05, 4.69) is 22.9 Å². The van der Waals surface area contributed by atoms with Gasteiger partial charge in [-0.2, -0.15) is 0 Å². The van der Waals surface area contributed by atoms with E-state index in [-0.39, 0.29) is 12.5 Å². The van der Waals surface area contributed by atoms with Crippen LogP contribution in [0.4, 0.5) is 5.69 Å². The first kappa shape index (κ1) is 10.5. The molecule has 2 rings (SSSR count). The highest BCUT2D eigenvalue weighted by Crippen LogP contribution is 2.36. The molecule has 0 fully saturated rings. The molecule has 15 heavy (non-hydrogen) atoms. The largest absolute Gasteiger partial charge is 0.482 e. The minimum atomic E-state index is -0.00752. The number of fused-ring (bicyclic) bond motifs is 1. The maximum atomic E-state index is 11.4. The number of hydrogen-bond donors (Lipinski definition) is 0. The number of ether oxygens (including phenoxy) is 1. The van der Waals surface area contributed by atoms with Crippen LogP contribution in [0.1, 0.15) is 12.5 Å². The molecule has 0 aliphatic carbocycles. The summed E-state index contributed by atoms with van der Waals surface area (Å²) in [5.74, 6) is 0.757. The highest BCUT2D eigenvalue weighted by molar-refractivity contribution is 9.10. The quantitative estimate of drug-likeness (QED) is 0.784. The first-order valence-corrected chi connectivity index (χ1v) is 5.64. The lowest BCUT2D eigenvalue weighted by molar-refractivity contribution is -0.120. The second kappa shape index (κ2) is 3.85. The number of carbonyl (C=O) groups excluding carboxylic acids is 1. The van der Waals surface area contributed by atoms with Crippen molar-refractivity contribution in [3.8, 4) is 5.75 Å². The second-order valence-electron chi connectivity index (χ2n) is 3.51. The first-order chi connectivity index (χ1) is 7.13. The third-order valence-electron chi connectivity index (χ3n) is 2.60. The van der Waals surface area contributed by atoms with Crippen molar-refractivity contribution >= 4 is 27.5 Å². The zero-order valence-electron chi connectivity index (χ0n) is 8.71. The van der Waals surface area contributed by atoms with Gasteiger partial charge in [-0.1, -0.05) is 22.9 Å². The van der Waals surface area contributed by atoms with Crippen molar-refractivity contribution in [2.75, 3.05) is 18.6 Å². The van der Waals surface area contributed by atoms with E-state index in [1.165, 1.54) is 5.56 Å². The lowest BCUT2D eigenvalue weighted by atomic mass is 10.1. The lowest BCUT2D eigenvalue weighted by Gasteiger charge is -2.26. The third kappa shape index (κ3) is 1.74. The van der Waals surface area contributed by atoms with Crippen LogP contribution in [-0.2, 0) is 11.2 Å². The fraction of sp³-hybridized carbons (Fsp3) is 0.364. The molecule has 80 valence electrons. The van der Waals surface area contributed by atoms with Crippen LogP contribution in [0.2, 0.25) is 0 Å². The Bertz CT molecular complexity index is 417. The number of likely N-dealkylation sites (N-methyl/N-ethyl adjacent to an activating group) is 1. The Morgan fingerprint density at radius 2 is 2.27 bits per heavy atom. The van der Waals surface area contributed by atoms with Gasteiger partial charge in [0.05, 0.1) is 5.69 Å². The van der Waals surface area contributed by atoms with Gasteiger partial charge in [-0.25, -0.2) is 0 Å². The van der Waals surface area contributed by atoms with E-state index >= 15 is 0 Å². The molecule has 4 heteroatoms. The van der Waals surface area contributed by atoms with Crippen molar-refractivity contribution in [1.82, 2.24) is 0 Å². The highest BCUT2D eigenvalue weighted by atomic mass is 79.9. The van der Waals surface area contributed by atoms with E-state index in [1.54, 1.807) is 11.9 Å². The van der Waals surface area contributed by atoms with Crippen molar-refractivity contribution in [3.05, 3.63) is 22.2 Å². The summed E-state index contributed by atoms with van der Waals surface area (Å²) in [6.45, 7) is 2.21. The fourth-order valence-electron chi connectivity index (χ4n) is 1.61. The number of carbonyl (C=O) groups is 1. The van der Waals surface area contributed by atoms with Gasteiger partial charge in [0.1, 0.15) is 5.75 Å². The summed E-state index contributed by atoms with van der Waals surface area (Å²) in [5, 5.41) is 0. The summed E-state index contributed by atoms with van der Waals surface area (Å²) in [4.78, 5) is 13.1. The molecule has 0 bridgehead atoms. The van der Waals surface area contributed by atoms with Gasteiger partial charge in [0.25, 0.3) is 5.91 Å². The first-order valence-electron chi connectivity index (χ1n) is 4.85. The summed E-state index contributed by atoms with van der Waals surface area (Å²) >= 11 is 3.49. The normalized spacial score (nSPS) is 14.9. The van der Waals surface area contributed by atoms with Gasteiger partial charge in [-0.3, -0.25) is 4.79 Å².